The van der Waals surface area contributed by atoms with E-state index in [4.69, 9.17) is 16.7 Å². The Morgan fingerprint density at radius 3 is 2.82 bits per heavy atom. The van der Waals surface area contributed by atoms with E-state index in [1.165, 1.54) is 24.2 Å². The maximum Gasteiger partial charge on any atom is 0.346 e. The number of hydrogen-bond donors (Lipinski definition) is 2. The van der Waals surface area contributed by atoms with Crippen molar-refractivity contribution in [2.45, 2.75) is 18.9 Å². The van der Waals surface area contributed by atoms with Crippen molar-refractivity contribution < 1.29 is 9.90 Å². The Kier molecular flexibility index (Phi) is 4.77. The fourth-order valence-corrected chi connectivity index (χ4v) is 2.28. The Morgan fingerprint density at radius 2 is 2.29 bits per heavy atom. The number of thioether (sulfide) groups is 1. The normalized spacial score (nSPS) is 11.6. The molecule has 2 N–H and O–H groups in total. The number of hydrogen-bond acceptors (Lipinski definition) is 4. The molecule has 1 heterocycles. The van der Waals surface area contributed by atoms with Crippen molar-refractivity contribution in [2.75, 3.05) is 5.75 Å². The third kappa shape index (κ3) is 3.61. The van der Waals surface area contributed by atoms with E-state index in [0.29, 0.717) is 11.4 Å². The van der Waals surface area contributed by atoms with E-state index < -0.39 is 11.7 Å². The summed E-state index contributed by atoms with van der Waals surface area (Å²) in [5.74, 6) is -0.624. The molecule has 92 valence electrons. The van der Waals surface area contributed by atoms with Gasteiger partial charge in [0.1, 0.15) is 10.6 Å². The van der Waals surface area contributed by atoms with Crippen LogP contribution in [0.1, 0.15) is 23.0 Å². The predicted molar refractivity (Wildman–Crippen MR) is 66.9 cm³/mol. The molecule has 0 saturated carbocycles. The van der Waals surface area contributed by atoms with Gasteiger partial charge in [-0.3, -0.25) is 0 Å². The van der Waals surface area contributed by atoms with Crippen molar-refractivity contribution in [3.8, 4) is 0 Å². The van der Waals surface area contributed by atoms with E-state index in [2.05, 4.69) is 9.97 Å². The zero-order valence-electron chi connectivity index (χ0n) is 9.28. The fourth-order valence-electron chi connectivity index (χ4n) is 1.13. The van der Waals surface area contributed by atoms with Gasteiger partial charge in [0.25, 0.3) is 0 Å². The SMILES string of the molecule is CC(=CCl)CSc1nc(=O)[nH]c(C)c1C(=O)O. The van der Waals surface area contributed by atoms with Crippen molar-refractivity contribution in [1.82, 2.24) is 9.97 Å². The van der Waals surface area contributed by atoms with Crippen molar-refractivity contribution in [3.63, 3.8) is 0 Å². The van der Waals surface area contributed by atoms with Gasteiger partial charge in [-0.1, -0.05) is 17.2 Å². The number of nitrogens with zero attached hydrogens (tertiary/aromatic N) is 1. The summed E-state index contributed by atoms with van der Waals surface area (Å²) in [6, 6.07) is 0. The van der Waals surface area contributed by atoms with E-state index >= 15 is 0 Å². The highest BCUT2D eigenvalue weighted by Gasteiger charge is 2.16. The summed E-state index contributed by atoms with van der Waals surface area (Å²) in [4.78, 5) is 28.3. The standard InChI is InChI=1S/C10H11ClN2O3S/c1-5(3-11)4-17-8-7(9(14)15)6(2)12-10(16)13-8/h3H,4H2,1-2H3,(H,14,15)(H,12,13,16). The van der Waals surface area contributed by atoms with E-state index in [9.17, 15) is 9.59 Å². The smallest absolute Gasteiger partial charge is 0.346 e. The topological polar surface area (TPSA) is 83.0 Å². The maximum atomic E-state index is 11.2. The number of halogens is 1. The Labute approximate surface area is 107 Å². The predicted octanol–water partition coefficient (Wildman–Crippen LogP) is 2.01. The van der Waals surface area contributed by atoms with Crippen LogP contribution < -0.4 is 5.69 Å². The number of nitrogens with one attached hydrogen (secondary N) is 1. The lowest BCUT2D eigenvalue weighted by Crippen LogP contribution is -2.18. The Morgan fingerprint density at radius 1 is 1.65 bits per heavy atom. The van der Waals surface area contributed by atoms with Crippen LogP contribution in [-0.2, 0) is 0 Å². The molecule has 17 heavy (non-hydrogen) atoms. The zero-order chi connectivity index (χ0) is 13.0. The molecule has 0 aliphatic heterocycles. The van der Waals surface area contributed by atoms with Crippen molar-refractivity contribution >= 4 is 29.3 Å². The molecule has 0 bridgehead atoms. The molecule has 0 spiro atoms. The summed E-state index contributed by atoms with van der Waals surface area (Å²) in [6.07, 6.45) is 0. The van der Waals surface area contributed by atoms with Crippen LogP contribution in [0.3, 0.4) is 0 Å². The van der Waals surface area contributed by atoms with Crippen LogP contribution >= 0.6 is 23.4 Å². The Balaban J connectivity index is 3.13. The second-order valence-corrected chi connectivity index (χ2v) is 4.58. The van der Waals surface area contributed by atoms with Crippen LogP contribution in [0.15, 0.2) is 20.9 Å². The lowest BCUT2D eigenvalue weighted by atomic mass is 10.2. The van der Waals surface area contributed by atoms with Gasteiger partial charge in [-0.25, -0.2) is 9.59 Å². The number of aryl methyl sites for hydroxylation is 1. The average Bonchev–Trinajstić information content (AvgIpc) is 2.24. The molecule has 0 saturated heterocycles. The molecule has 0 unspecified atom stereocenters. The number of aromatic nitrogens is 2. The molecule has 1 aromatic heterocycles. The lowest BCUT2D eigenvalue weighted by molar-refractivity contribution is 0.0690. The second kappa shape index (κ2) is 5.88. The van der Waals surface area contributed by atoms with Gasteiger partial charge in [0.2, 0.25) is 0 Å². The first-order chi connectivity index (χ1) is 7.95. The van der Waals surface area contributed by atoms with E-state index in [1.807, 2.05) is 0 Å². The molecular weight excluding hydrogens is 264 g/mol. The van der Waals surface area contributed by atoms with Gasteiger partial charge in [-0.15, -0.1) is 11.8 Å². The monoisotopic (exact) mass is 274 g/mol. The summed E-state index contributed by atoms with van der Waals surface area (Å²) < 4.78 is 0. The minimum atomic E-state index is -1.11. The lowest BCUT2D eigenvalue weighted by Gasteiger charge is -2.06. The van der Waals surface area contributed by atoms with Crippen LogP contribution in [0, 0.1) is 6.92 Å². The number of aromatic carboxylic acids is 1. The van der Waals surface area contributed by atoms with Crippen LogP contribution in [0.2, 0.25) is 0 Å². The molecule has 7 heteroatoms. The van der Waals surface area contributed by atoms with Crippen molar-refractivity contribution in [1.29, 1.82) is 0 Å². The molecule has 0 amide bonds. The highest BCUT2D eigenvalue weighted by atomic mass is 35.5. The van der Waals surface area contributed by atoms with E-state index in [0.717, 1.165) is 5.57 Å². The molecule has 0 radical (unpaired) electrons. The largest absolute Gasteiger partial charge is 0.478 e. The maximum absolute atomic E-state index is 11.2. The van der Waals surface area contributed by atoms with Gasteiger partial charge in [-0.05, 0) is 13.8 Å². The molecule has 0 fully saturated rings. The minimum absolute atomic E-state index is 0.0250. The second-order valence-electron chi connectivity index (χ2n) is 3.40. The summed E-state index contributed by atoms with van der Waals surface area (Å²) in [5, 5.41) is 9.25. The first kappa shape index (κ1) is 13.8. The number of carboxylic acids is 1. The molecule has 0 aromatic carbocycles. The van der Waals surface area contributed by atoms with Crippen LogP contribution in [0.5, 0.6) is 0 Å². The van der Waals surface area contributed by atoms with Gasteiger partial charge < -0.3 is 10.1 Å². The molecule has 1 aromatic rings. The van der Waals surface area contributed by atoms with Gasteiger partial charge >= 0.3 is 11.7 Å². The third-order valence-electron chi connectivity index (χ3n) is 1.92. The first-order valence-electron chi connectivity index (χ1n) is 4.68. The highest BCUT2D eigenvalue weighted by Crippen LogP contribution is 2.22. The van der Waals surface area contributed by atoms with Crippen LogP contribution in [0.25, 0.3) is 0 Å². The molecule has 0 atom stereocenters. The minimum Gasteiger partial charge on any atom is -0.478 e. The van der Waals surface area contributed by atoms with Gasteiger partial charge in [-0.2, -0.15) is 4.98 Å². The summed E-state index contributed by atoms with van der Waals surface area (Å²) >= 11 is 6.67. The zero-order valence-corrected chi connectivity index (χ0v) is 10.9. The number of rotatable bonds is 4. The number of carboxylic acid groups (broad SMARTS) is 1. The number of aromatic amines is 1. The van der Waals surface area contributed by atoms with Gasteiger partial charge in [0.05, 0.1) is 0 Å². The van der Waals surface area contributed by atoms with E-state index in [-0.39, 0.29) is 10.6 Å². The van der Waals surface area contributed by atoms with Crippen molar-refractivity contribution in [2.24, 2.45) is 0 Å². The van der Waals surface area contributed by atoms with Gasteiger partial charge in [0, 0.05) is 17.0 Å². The summed E-state index contributed by atoms with van der Waals surface area (Å²) in [6.45, 7) is 3.33. The fraction of sp³-hybridized carbons (Fsp3) is 0.300. The first-order valence-corrected chi connectivity index (χ1v) is 6.10. The van der Waals surface area contributed by atoms with Gasteiger partial charge in [0.15, 0.2) is 0 Å². The average molecular weight is 275 g/mol. The Hall–Kier alpha value is -1.27. The van der Waals surface area contributed by atoms with Crippen molar-refractivity contribution in [3.05, 3.63) is 32.8 Å². The Bertz CT molecular complexity index is 525. The molecular formula is C10H11ClN2O3S. The number of carbonyl (C=O) groups is 1. The van der Waals surface area contributed by atoms with Crippen LogP contribution in [-0.4, -0.2) is 26.8 Å². The summed E-state index contributed by atoms with van der Waals surface area (Å²) in [7, 11) is 0. The molecule has 0 aliphatic rings. The molecule has 5 nitrogen and oxygen atoms in total. The molecule has 1 rings (SSSR count). The van der Waals surface area contributed by atoms with E-state index in [1.54, 1.807) is 6.92 Å². The summed E-state index contributed by atoms with van der Waals surface area (Å²) in [5.41, 5.74) is 2.05. The number of H-pyrrole nitrogens is 1. The quantitative estimate of drug-likeness (QED) is 0.648. The van der Waals surface area contributed by atoms with Crippen LogP contribution in [0.4, 0.5) is 0 Å². The third-order valence-corrected chi connectivity index (χ3v) is 3.46. The highest BCUT2D eigenvalue weighted by molar-refractivity contribution is 7.99. The molecule has 0 aliphatic carbocycles.